The summed E-state index contributed by atoms with van der Waals surface area (Å²) in [5.74, 6) is -2.78. The van der Waals surface area contributed by atoms with E-state index in [0.717, 1.165) is 6.07 Å². The van der Waals surface area contributed by atoms with E-state index >= 15 is 0 Å². The molecule has 0 radical (unpaired) electrons. The molecule has 0 aliphatic carbocycles. The van der Waals surface area contributed by atoms with Crippen LogP contribution >= 0.6 is 0 Å². The van der Waals surface area contributed by atoms with Crippen LogP contribution in [0.5, 0.6) is 0 Å². The lowest BCUT2D eigenvalue weighted by Crippen LogP contribution is -2.07. The van der Waals surface area contributed by atoms with Crippen molar-refractivity contribution >= 4 is 5.95 Å². The molecule has 0 spiro atoms. The van der Waals surface area contributed by atoms with Crippen molar-refractivity contribution < 1.29 is 13.2 Å². The van der Waals surface area contributed by atoms with Crippen molar-refractivity contribution in [1.29, 1.82) is 0 Å². The quantitative estimate of drug-likeness (QED) is 0.837. The van der Waals surface area contributed by atoms with Gasteiger partial charge in [0.2, 0.25) is 5.95 Å². The third kappa shape index (κ3) is 2.11. The summed E-state index contributed by atoms with van der Waals surface area (Å²) in [5, 5.41) is 2.88. The Hall–Kier alpha value is -1.98. The summed E-state index contributed by atoms with van der Waals surface area (Å²) in [6.07, 6.45) is 2.91. The number of imidazole rings is 1. The van der Waals surface area contributed by atoms with Crippen LogP contribution in [-0.2, 0) is 0 Å². The Balaban J connectivity index is 2.52. The van der Waals surface area contributed by atoms with E-state index in [4.69, 9.17) is 0 Å². The molecule has 2 aromatic rings. The zero-order valence-electron chi connectivity index (χ0n) is 9.04. The van der Waals surface area contributed by atoms with Crippen LogP contribution in [-0.4, -0.2) is 16.1 Å². The monoisotopic (exact) mass is 241 g/mol. The highest BCUT2D eigenvalue weighted by molar-refractivity contribution is 5.43. The summed E-state index contributed by atoms with van der Waals surface area (Å²) in [4.78, 5) is 3.94. The molecule has 1 N–H and O–H groups in total. The van der Waals surface area contributed by atoms with E-state index < -0.39 is 17.5 Å². The number of nitrogens with one attached hydrogen (secondary N) is 1. The van der Waals surface area contributed by atoms with E-state index in [1.807, 2.05) is 6.92 Å². The number of rotatable bonds is 3. The minimum Gasteiger partial charge on any atom is -0.356 e. The molecule has 1 aromatic heterocycles. The molecule has 1 aromatic carbocycles. The Bertz CT molecular complexity index is 537. The number of nitrogens with zero attached hydrogens (tertiary/aromatic N) is 2. The lowest BCUT2D eigenvalue weighted by Gasteiger charge is -2.09. The first-order valence-corrected chi connectivity index (χ1v) is 5.05. The minimum atomic E-state index is -1.21. The topological polar surface area (TPSA) is 29.9 Å². The van der Waals surface area contributed by atoms with Crippen LogP contribution in [0.2, 0.25) is 0 Å². The fraction of sp³-hybridized carbons (Fsp3) is 0.182. The lowest BCUT2D eigenvalue weighted by molar-refractivity contribution is 0.493. The first-order chi connectivity index (χ1) is 8.13. The third-order valence-corrected chi connectivity index (χ3v) is 2.22. The summed E-state index contributed by atoms with van der Waals surface area (Å²) < 4.78 is 40.7. The number of hydrogen-bond acceptors (Lipinski definition) is 2. The number of benzene rings is 1. The average Bonchev–Trinajstić information content (AvgIpc) is 2.72. The Morgan fingerprint density at radius 3 is 2.59 bits per heavy atom. The molecule has 2 rings (SSSR count). The second kappa shape index (κ2) is 4.48. The van der Waals surface area contributed by atoms with Crippen molar-refractivity contribution in [3.63, 3.8) is 0 Å². The summed E-state index contributed by atoms with van der Waals surface area (Å²) in [6, 6.07) is 1.31. The highest BCUT2D eigenvalue weighted by atomic mass is 19.2. The summed E-state index contributed by atoms with van der Waals surface area (Å²) >= 11 is 0. The van der Waals surface area contributed by atoms with Gasteiger partial charge in [0.15, 0.2) is 11.6 Å². The second-order valence-electron chi connectivity index (χ2n) is 3.37. The number of aromatic nitrogens is 2. The van der Waals surface area contributed by atoms with E-state index in [1.54, 1.807) is 0 Å². The van der Waals surface area contributed by atoms with E-state index in [2.05, 4.69) is 10.3 Å². The van der Waals surface area contributed by atoms with Gasteiger partial charge in [0, 0.05) is 31.1 Å². The van der Waals surface area contributed by atoms with Gasteiger partial charge in [0.1, 0.15) is 5.82 Å². The SMILES string of the molecule is CCNc1nccn1-c1cc(F)c(F)cc1F. The molecule has 0 amide bonds. The molecule has 90 valence electrons. The van der Waals surface area contributed by atoms with Gasteiger partial charge in [-0.25, -0.2) is 18.2 Å². The van der Waals surface area contributed by atoms with Gasteiger partial charge in [-0.2, -0.15) is 0 Å². The van der Waals surface area contributed by atoms with Crippen LogP contribution in [0.15, 0.2) is 24.5 Å². The summed E-state index contributed by atoms with van der Waals surface area (Å²) in [6.45, 7) is 2.43. The van der Waals surface area contributed by atoms with Gasteiger partial charge in [-0.3, -0.25) is 4.57 Å². The second-order valence-corrected chi connectivity index (χ2v) is 3.37. The molecular weight excluding hydrogens is 231 g/mol. The molecule has 17 heavy (non-hydrogen) atoms. The molecule has 0 saturated heterocycles. The Morgan fingerprint density at radius 1 is 1.18 bits per heavy atom. The highest BCUT2D eigenvalue weighted by Gasteiger charge is 2.13. The van der Waals surface area contributed by atoms with E-state index in [0.29, 0.717) is 18.6 Å². The smallest absolute Gasteiger partial charge is 0.207 e. The predicted octanol–water partition coefficient (Wildman–Crippen LogP) is 2.72. The average molecular weight is 241 g/mol. The maximum absolute atomic E-state index is 13.5. The van der Waals surface area contributed by atoms with Crippen molar-refractivity contribution in [2.45, 2.75) is 6.92 Å². The Morgan fingerprint density at radius 2 is 1.88 bits per heavy atom. The van der Waals surface area contributed by atoms with Crippen molar-refractivity contribution in [1.82, 2.24) is 9.55 Å². The van der Waals surface area contributed by atoms with Crippen molar-refractivity contribution in [2.75, 3.05) is 11.9 Å². The van der Waals surface area contributed by atoms with Crippen LogP contribution in [0.1, 0.15) is 6.92 Å². The van der Waals surface area contributed by atoms with Gasteiger partial charge in [0.05, 0.1) is 5.69 Å². The van der Waals surface area contributed by atoms with Crippen molar-refractivity contribution in [3.05, 3.63) is 42.0 Å². The summed E-state index contributed by atoms with van der Waals surface area (Å²) in [7, 11) is 0. The molecule has 6 heteroatoms. The normalized spacial score (nSPS) is 10.6. The van der Waals surface area contributed by atoms with Crippen LogP contribution in [0, 0.1) is 17.5 Å². The standard InChI is InChI=1S/C11H10F3N3/c1-2-15-11-16-3-4-17(11)10-6-8(13)7(12)5-9(10)14/h3-6H,2H2,1H3,(H,15,16). The van der Waals surface area contributed by atoms with Gasteiger partial charge < -0.3 is 5.32 Å². The molecular formula is C11H10F3N3. The van der Waals surface area contributed by atoms with Crippen LogP contribution in [0.4, 0.5) is 19.1 Å². The third-order valence-electron chi connectivity index (χ3n) is 2.22. The number of halogens is 3. The predicted molar refractivity (Wildman–Crippen MR) is 57.6 cm³/mol. The molecule has 0 fully saturated rings. The molecule has 0 atom stereocenters. The fourth-order valence-electron chi connectivity index (χ4n) is 1.48. The summed E-state index contributed by atoms with van der Waals surface area (Å²) in [5.41, 5.74) is -0.0858. The maximum Gasteiger partial charge on any atom is 0.207 e. The first kappa shape index (κ1) is 11.5. The molecule has 0 saturated carbocycles. The lowest BCUT2D eigenvalue weighted by atomic mass is 10.3. The van der Waals surface area contributed by atoms with E-state index in [9.17, 15) is 13.2 Å². The minimum absolute atomic E-state index is 0.0858. The van der Waals surface area contributed by atoms with Gasteiger partial charge in [0.25, 0.3) is 0 Å². The van der Waals surface area contributed by atoms with E-state index in [-0.39, 0.29) is 5.69 Å². The van der Waals surface area contributed by atoms with Crippen LogP contribution in [0.3, 0.4) is 0 Å². The zero-order chi connectivity index (χ0) is 12.4. The Kier molecular flexibility index (Phi) is 3.03. The molecule has 1 heterocycles. The maximum atomic E-state index is 13.5. The molecule has 0 aliphatic rings. The van der Waals surface area contributed by atoms with Crippen molar-refractivity contribution in [2.24, 2.45) is 0 Å². The number of anilines is 1. The number of hydrogen-bond donors (Lipinski definition) is 1. The fourth-order valence-corrected chi connectivity index (χ4v) is 1.48. The highest BCUT2D eigenvalue weighted by Crippen LogP contribution is 2.20. The van der Waals surface area contributed by atoms with E-state index in [1.165, 1.54) is 17.0 Å². The largest absolute Gasteiger partial charge is 0.356 e. The van der Waals surface area contributed by atoms with Crippen LogP contribution < -0.4 is 5.32 Å². The van der Waals surface area contributed by atoms with Gasteiger partial charge in [-0.15, -0.1) is 0 Å². The first-order valence-electron chi connectivity index (χ1n) is 5.05. The molecule has 3 nitrogen and oxygen atoms in total. The Labute approximate surface area is 95.9 Å². The molecule has 0 bridgehead atoms. The molecule has 0 aliphatic heterocycles. The van der Waals surface area contributed by atoms with Crippen molar-refractivity contribution in [3.8, 4) is 5.69 Å². The zero-order valence-corrected chi connectivity index (χ0v) is 9.04. The van der Waals surface area contributed by atoms with Gasteiger partial charge >= 0.3 is 0 Å². The molecule has 0 unspecified atom stereocenters. The van der Waals surface area contributed by atoms with Crippen LogP contribution in [0.25, 0.3) is 5.69 Å². The van der Waals surface area contributed by atoms with Gasteiger partial charge in [-0.05, 0) is 6.92 Å². The van der Waals surface area contributed by atoms with Gasteiger partial charge in [-0.1, -0.05) is 0 Å².